The molecule has 0 aliphatic rings. The summed E-state index contributed by atoms with van der Waals surface area (Å²) in [5.41, 5.74) is 7.88. The van der Waals surface area contributed by atoms with Gasteiger partial charge in [-0.1, -0.05) is 25.5 Å². The molecule has 0 saturated carbocycles. The van der Waals surface area contributed by atoms with Crippen LogP contribution in [-0.2, 0) is 0 Å². The molecule has 3 rings (SSSR count). The van der Waals surface area contributed by atoms with Crippen molar-refractivity contribution in [1.29, 1.82) is 0 Å². The fourth-order valence-corrected chi connectivity index (χ4v) is 2.49. The molecule has 0 spiro atoms. The van der Waals surface area contributed by atoms with Gasteiger partial charge in [0.05, 0.1) is 12.2 Å². The van der Waals surface area contributed by atoms with Gasteiger partial charge in [0, 0.05) is 18.0 Å². The number of ether oxygens (including phenoxy) is 1. The van der Waals surface area contributed by atoms with Gasteiger partial charge in [-0.3, -0.25) is 4.98 Å². The first-order valence-electron chi connectivity index (χ1n) is 7.95. The molecule has 0 aliphatic carbocycles. The van der Waals surface area contributed by atoms with Gasteiger partial charge in [-0.2, -0.15) is 0 Å². The normalized spacial score (nSPS) is 10.7. The lowest BCUT2D eigenvalue weighted by Gasteiger charge is -2.07. The van der Waals surface area contributed by atoms with E-state index < -0.39 is 0 Å². The highest BCUT2D eigenvalue weighted by atomic mass is 16.5. The number of nitrogens with zero attached hydrogens (tertiary/aromatic N) is 1. The number of furan rings is 1. The third-order valence-corrected chi connectivity index (χ3v) is 3.72. The molecule has 0 aliphatic heterocycles. The minimum Gasteiger partial charge on any atom is -0.504 e. The van der Waals surface area contributed by atoms with Crippen LogP contribution in [0.15, 0.2) is 53.2 Å². The number of hydrogen-bond acceptors (Lipinski definition) is 5. The molecule has 0 fully saturated rings. The standard InChI is InChI=1S/C19H20N2O3/c1-2-3-10-23-15-8-4-6-13(11-15)16-17(22)18(24-19(16)20)14-7-5-9-21-12-14/h4-9,11-12,22H,2-3,10,20H2,1H3. The van der Waals surface area contributed by atoms with Crippen LogP contribution in [0.5, 0.6) is 11.5 Å². The molecule has 2 aromatic heterocycles. The van der Waals surface area contributed by atoms with Gasteiger partial charge in [-0.05, 0) is 36.2 Å². The molecule has 0 radical (unpaired) electrons. The molecule has 1 aromatic carbocycles. The number of aromatic hydroxyl groups is 1. The largest absolute Gasteiger partial charge is 0.504 e. The SMILES string of the molecule is CCCCOc1cccc(-c2c(N)oc(-c3cccnc3)c2O)c1. The number of unbranched alkanes of at least 4 members (excludes halogenated alkanes) is 1. The molecule has 0 atom stereocenters. The van der Waals surface area contributed by atoms with Crippen molar-refractivity contribution in [1.82, 2.24) is 4.98 Å². The summed E-state index contributed by atoms with van der Waals surface area (Å²) >= 11 is 0. The van der Waals surface area contributed by atoms with Crippen molar-refractivity contribution in [3.8, 4) is 33.9 Å². The maximum Gasteiger partial charge on any atom is 0.202 e. The first-order chi connectivity index (χ1) is 11.7. The first kappa shape index (κ1) is 15.9. The van der Waals surface area contributed by atoms with Crippen molar-refractivity contribution in [2.45, 2.75) is 19.8 Å². The Morgan fingerprint density at radius 3 is 2.79 bits per heavy atom. The van der Waals surface area contributed by atoms with Crippen LogP contribution in [0.1, 0.15) is 19.8 Å². The third-order valence-electron chi connectivity index (χ3n) is 3.72. The number of aromatic nitrogens is 1. The average molecular weight is 324 g/mol. The van der Waals surface area contributed by atoms with Crippen molar-refractivity contribution < 1.29 is 14.3 Å². The molecule has 3 N–H and O–H groups in total. The monoisotopic (exact) mass is 324 g/mol. The predicted molar refractivity (Wildman–Crippen MR) is 93.9 cm³/mol. The van der Waals surface area contributed by atoms with Gasteiger partial charge in [-0.25, -0.2) is 0 Å². The quantitative estimate of drug-likeness (QED) is 0.654. The van der Waals surface area contributed by atoms with Crippen LogP contribution in [0.2, 0.25) is 0 Å². The number of anilines is 1. The molecule has 0 saturated heterocycles. The number of pyridine rings is 1. The second-order valence-corrected chi connectivity index (χ2v) is 5.49. The van der Waals surface area contributed by atoms with Gasteiger partial charge in [0.25, 0.3) is 0 Å². The number of nitrogens with two attached hydrogens (primary N) is 1. The van der Waals surface area contributed by atoms with Gasteiger partial charge >= 0.3 is 0 Å². The summed E-state index contributed by atoms with van der Waals surface area (Å²) in [6.07, 6.45) is 5.34. The van der Waals surface area contributed by atoms with Crippen molar-refractivity contribution >= 4 is 5.88 Å². The van der Waals surface area contributed by atoms with Crippen LogP contribution in [0.3, 0.4) is 0 Å². The molecule has 0 amide bonds. The summed E-state index contributed by atoms with van der Waals surface area (Å²) in [5, 5.41) is 10.6. The number of rotatable bonds is 6. The van der Waals surface area contributed by atoms with E-state index in [1.807, 2.05) is 24.3 Å². The summed E-state index contributed by atoms with van der Waals surface area (Å²) in [6.45, 7) is 2.78. The topological polar surface area (TPSA) is 81.5 Å². The van der Waals surface area contributed by atoms with Crippen LogP contribution in [0.25, 0.3) is 22.5 Å². The summed E-state index contributed by atoms with van der Waals surface area (Å²) in [7, 11) is 0. The summed E-state index contributed by atoms with van der Waals surface area (Å²) in [6, 6.07) is 11.0. The maximum atomic E-state index is 10.6. The lowest BCUT2D eigenvalue weighted by Crippen LogP contribution is -1.96. The average Bonchev–Trinajstić information content (AvgIpc) is 2.91. The Kier molecular flexibility index (Phi) is 4.70. The smallest absolute Gasteiger partial charge is 0.202 e. The Hall–Kier alpha value is -2.95. The van der Waals surface area contributed by atoms with Crippen LogP contribution >= 0.6 is 0 Å². The molecular formula is C19H20N2O3. The summed E-state index contributed by atoms with van der Waals surface area (Å²) in [4.78, 5) is 4.04. The van der Waals surface area contributed by atoms with E-state index in [0.29, 0.717) is 23.5 Å². The fourth-order valence-electron chi connectivity index (χ4n) is 2.49. The lowest BCUT2D eigenvalue weighted by molar-refractivity contribution is 0.309. The van der Waals surface area contributed by atoms with E-state index in [1.165, 1.54) is 0 Å². The molecule has 0 unspecified atom stereocenters. The van der Waals surface area contributed by atoms with Gasteiger partial charge in [0.2, 0.25) is 5.88 Å². The number of benzene rings is 1. The first-order valence-corrected chi connectivity index (χ1v) is 7.95. The maximum absolute atomic E-state index is 10.6. The minimum absolute atomic E-state index is 0.00575. The van der Waals surface area contributed by atoms with E-state index in [4.69, 9.17) is 14.9 Å². The Bertz CT molecular complexity index is 813. The van der Waals surface area contributed by atoms with E-state index in [1.54, 1.807) is 24.5 Å². The van der Waals surface area contributed by atoms with Crippen molar-refractivity contribution in [3.63, 3.8) is 0 Å². The zero-order valence-electron chi connectivity index (χ0n) is 13.5. The van der Waals surface area contributed by atoms with Crippen molar-refractivity contribution in [2.75, 3.05) is 12.3 Å². The highest BCUT2D eigenvalue weighted by Gasteiger charge is 2.21. The number of nitrogen functional groups attached to an aromatic ring is 1. The molecule has 5 nitrogen and oxygen atoms in total. The van der Waals surface area contributed by atoms with Crippen LogP contribution < -0.4 is 10.5 Å². The number of hydrogen-bond donors (Lipinski definition) is 2. The second kappa shape index (κ2) is 7.08. The fraction of sp³-hybridized carbons (Fsp3) is 0.211. The molecule has 24 heavy (non-hydrogen) atoms. The Morgan fingerprint density at radius 1 is 1.21 bits per heavy atom. The van der Waals surface area contributed by atoms with E-state index >= 15 is 0 Å². The summed E-state index contributed by atoms with van der Waals surface area (Å²) in [5.74, 6) is 1.22. The molecule has 124 valence electrons. The molecule has 3 aromatic rings. The predicted octanol–water partition coefficient (Wildman–Crippen LogP) is 4.48. The van der Waals surface area contributed by atoms with Crippen molar-refractivity contribution in [3.05, 3.63) is 48.8 Å². The van der Waals surface area contributed by atoms with Crippen molar-refractivity contribution in [2.24, 2.45) is 0 Å². The summed E-state index contributed by atoms with van der Waals surface area (Å²) < 4.78 is 11.3. The molecule has 2 heterocycles. The Labute approximate surface area is 140 Å². The highest BCUT2D eigenvalue weighted by molar-refractivity contribution is 5.86. The van der Waals surface area contributed by atoms with E-state index in [0.717, 1.165) is 24.2 Å². The Balaban J connectivity index is 1.95. The zero-order chi connectivity index (χ0) is 16.9. The third kappa shape index (κ3) is 3.20. The molecular weight excluding hydrogens is 304 g/mol. The highest BCUT2D eigenvalue weighted by Crippen LogP contribution is 2.45. The van der Waals surface area contributed by atoms with Gasteiger partial charge in [-0.15, -0.1) is 0 Å². The van der Waals surface area contributed by atoms with Gasteiger partial charge in [0.15, 0.2) is 11.5 Å². The second-order valence-electron chi connectivity index (χ2n) is 5.49. The lowest BCUT2D eigenvalue weighted by atomic mass is 10.1. The van der Waals surface area contributed by atoms with E-state index in [9.17, 15) is 5.11 Å². The van der Waals surface area contributed by atoms with E-state index in [2.05, 4.69) is 11.9 Å². The van der Waals surface area contributed by atoms with Gasteiger partial charge < -0.3 is 20.0 Å². The minimum atomic E-state index is 0.00575. The van der Waals surface area contributed by atoms with Crippen LogP contribution in [0, 0.1) is 0 Å². The molecule has 0 bridgehead atoms. The zero-order valence-corrected chi connectivity index (χ0v) is 13.5. The van der Waals surface area contributed by atoms with E-state index in [-0.39, 0.29) is 11.6 Å². The Morgan fingerprint density at radius 2 is 2.04 bits per heavy atom. The molecule has 5 heteroatoms. The van der Waals surface area contributed by atoms with Crippen LogP contribution in [-0.4, -0.2) is 16.7 Å². The van der Waals surface area contributed by atoms with Gasteiger partial charge in [0.1, 0.15) is 5.75 Å². The van der Waals surface area contributed by atoms with Crippen LogP contribution in [0.4, 0.5) is 5.88 Å².